The van der Waals surface area contributed by atoms with Crippen LogP contribution in [0.2, 0.25) is 0 Å². The molecular weight excluding hydrogens is 308 g/mol. The van der Waals surface area contributed by atoms with Crippen molar-refractivity contribution in [3.05, 3.63) is 33.8 Å². The van der Waals surface area contributed by atoms with Gasteiger partial charge in [0, 0.05) is 25.1 Å². The molecule has 0 bridgehead atoms. The number of nitrogens with zero attached hydrogens (tertiary/aromatic N) is 2. The Bertz CT molecular complexity index is 486. The van der Waals surface area contributed by atoms with Crippen molar-refractivity contribution >= 4 is 27.7 Å². The van der Waals surface area contributed by atoms with E-state index in [0.717, 1.165) is 10.0 Å². The Labute approximate surface area is 122 Å². The van der Waals surface area contributed by atoms with Gasteiger partial charge in [-0.25, -0.2) is 0 Å². The fourth-order valence-corrected chi connectivity index (χ4v) is 2.26. The Morgan fingerprint density at radius 2 is 1.89 bits per heavy atom. The summed E-state index contributed by atoms with van der Waals surface area (Å²) in [7, 11) is 3.37. The quantitative estimate of drug-likeness (QED) is 0.851. The molecule has 0 atom stereocenters. The van der Waals surface area contributed by atoms with Crippen molar-refractivity contribution in [1.29, 1.82) is 0 Å². The highest BCUT2D eigenvalue weighted by molar-refractivity contribution is 9.10. The van der Waals surface area contributed by atoms with Gasteiger partial charge in [0.15, 0.2) is 0 Å². The minimum Gasteiger partial charge on any atom is -0.347 e. The molecule has 104 valence electrons. The molecule has 5 heteroatoms. The van der Waals surface area contributed by atoms with Crippen LogP contribution < -0.4 is 0 Å². The van der Waals surface area contributed by atoms with E-state index < -0.39 is 0 Å². The minimum atomic E-state index is -0.135. The molecule has 4 nitrogen and oxygen atoms in total. The minimum absolute atomic E-state index is 0.0848. The molecule has 1 rings (SSSR count). The molecular formula is C14H19BrN2O2. The molecule has 0 aliphatic carbocycles. The van der Waals surface area contributed by atoms with Gasteiger partial charge < -0.3 is 9.80 Å². The monoisotopic (exact) mass is 326 g/mol. The van der Waals surface area contributed by atoms with Gasteiger partial charge in [-0.15, -0.1) is 0 Å². The Morgan fingerprint density at radius 1 is 1.26 bits per heavy atom. The average molecular weight is 327 g/mol. The van der Waals surface area contributed by atoms with Crippen LogP contribution in [0.4, 0.5) is 0 Å². The molecule has 0 heterocycles. The molecule has 0 aromatic heterocycles. The summed E-state index contributed by atoms with van der Waals surface area (Å²) in [5.74, 6) is -0.219. The lowest BCUT2D eigenvalue weighted by molar-refractivity contribution is -0.129. The molecule has 1 aromatic rings. The van der Waals surface area contributed by atoms with Crippen LogP contribution in [0.1, 0.15) is 22.8 Å². The van der Waals surface area contributed by atoms with Crippen LogP contribution in [0.25, 0.3) is 0 Å². The number of carbonyl (C=O) groups is 2. The van der Waals surface area contributed by atoms with E-state index in [9.17, 15) is 9.59 Å². The predicted molar refractivity (Wildman–Crippen MR) is 79.2 cm³/mol. The number of likely N-dealkylation sites (N-methyl/N-ethyl adjacent to an activating group) is 2. The predicted octanol–water partition coefficient (Wildman–Crippen LogP) is 2.31. The zero-order chi connectivity index (χ0) is 14.6. The van der Waals surface area contributed by atoms with Gasteiger partial charge in [0.25, 0.3) is 5.91 Å². The SMILES string of the molecule is CCN(CC(=O)N(C)C)C(=O)c1ccc(C)cc1Br. The first-order valence-corrected chi connectivity index (χ1v) is 6.91. The molecule has 0 unspecified atom stereocenters. The van der Waals surface area contributed by atoms with E-state index in [1.165, 1.54) is 9.80 Å². The first-order valence-electron chi connectivity index (χ1n) is 6.12. The van der Waals surface area contributed by atoms with Crippen molar-refractivity contribution in [1.82, 2.24) is 9.80 Å². The molecule has 0 aliphatic rings. The van der Waals surface area contributed by atoms with E-state index in [2.05, 4.69) is 15.9 Å². The number of benzene rings is 1. The van der Waals surface area contributed by atoms with Gasteiger partial charge >= 0.3 is 0 Å². The molecule has 0 radical (unpaired) electrons. The van der Waals surface area contributed by atoms with Crippen LogP contribution in [0, 0.1) is 6.92 Å². The van der Waals surface area contributed by atoms with Crippen LogP contribution in [0.3, 0.4) is 0 Å². The first kappa shape index (κ1) is 15.7. The maximum Gasteiger partial charge on any atom is 0.255 e. The van der Waals surface area contributed by atoms with Crippen LogP contribution in [0.15, 0.2) is 22.7 Å². The number of hydrogen-bond acceptors (Lipinski definition) is 2. The lowest BCUT2D eigenvalue weighted by Gasteiger charge is -2.22. The van der Waals surface area contributed by atoms with Crippen LogP contribution in [-0.4, -0.2) is 48.8 Å². The maximum absolute atomic E-state index is 12.4. The standard InChI is InChI=1S/C14H19BrN2O2/c1-5-17(9-13(18)16(3)4)14(19)11-7-6-10(2)8-12(11)15/h6-8H,5,9H2,1-4H3. The summed E-state index contributed by atoms with van der Waals surface area (Å²) in [5, 5.41) is 0. The molecule has 2 amide bonds. The van der Waals surface area contributed by atoms with E-state index in [0.29, 0.717) is 12.1 Å². The second kappa shape index (κ2) is 6.70. The lowest BCUT2D eigenvalue weighted by atomic mass is 10.1. The van der Waals surface area contributed by atoms with Gasteiger partial charge in [-0.3, -0.25) is 9.59 Å². The van der Waals surface area contributed by atoms with E-state index in [1.807, 2.05) is 26.0 Å². The Kier molecular flexibility index (Phi) is 5.54. The van der Waals surface area contributed by atoms with Gasteiger partial charge in [-0.05, 0) is 47.5 Å². The lowest BCUT2D eigenvalue weighted by Crippen LogP contribution is -2.40. The summed E-state index contributed by atoms with van der Waals surface area (Å²) in [6.45, 7) is 4.43. The Balaban J connectivity index is 2.92. The molecule has 0 N–H and O–H groups in total. The van der Waals surface area contributed by atoms with Crippen molar-refractivity contribution in [2.24, 2.45) is 0 Å². The Hall–Kier alpha value is -1.36. The van der Waals surface area contributed by atoms with Crippen LogP contribution in [0.5, 0.6) is 0 Å². The number of carbonyl (C=O) groups excluding carboxylic acids is 2. The van der Waals surface area contributed by atoms with E-state index in [-0.39, 0.29) is 18.4 Å². The third-order valence-electron chi connectivity index (χ3n) is 2.85. The summed E-state index contributed by atoms with van der Waals surface area (Å²) in [6.07, 6.45) is 0. The van der Waals surface area contributed by atoms with Gasteiger partial charge in [-0.1, -0.05) is 6.07 Å². The summed E-state index contributed by atoms with van der Waals surface area (Å²) >= 11 is 3.40. The van der Waals surface area contributed by atoms with Crippen molar-refractivity contribution < 1.29 is 9.59 Å². The summed E-state index contributed by atoms with van der Waals surface area (Å²) < 4.78 is 0.758. The molecule has 1 aromatic carbocycles. The molecule has 0 saturated heterocycles. The number of halogens is 1. The topological polar surface area (TPSA) is 40.6 Å². The van der Waals surface area contributed by atoms with Crippen molar-refractivity contribution in [2.45, 2.75) is 13.8 Å². The van der Waals surface area contributed by atoms with Crippen molar-refractivity contribution in [3.8, 4) is 0 Å². The number of hydrogen-bond donors (Lipinski definition) is 0. The third-order valence-corrected chi connectivity index (χ3v) is 3.50. The summed E-state index contributed by atoms with van der Waals surface area (Å²) in [6, 6.07) is 5.57. The zero-order valence-electron chi connectivity index (χ0n) is 11.7. The maximum atomic E-state index is 12.4. The highest BCUT2D eigenvalue weighted by Crippen LogP contribution is 2.20. The van der Waals surface area contributed by atoms with E-state index in [4.69, 9.17) is 0 Å². The molecule has 0 aliphatic heterocycles. The molecule has 0 saturated carbocycles. The molecule has 19 heavy (non-hydrogen) atoms. The highest BCUT2D eigenvalue weighted by atomic mass is 79.9. The molecule has 0 fully saturated rings. The van der Waals surface area contributed by atoms with E-state index >= 15 is 0 Å². The third kappa shape index (κ3) is 4.06. The van der Waals surface area contributed by atoms with Crippen molar-refractivity contribution in [3.63, 3.8) is 0 Å². The normalized spacial score (nSPS) is 10.2. The number of aryl methyl sites for hydroxylation is 1. The second-order valence-electron chi connectivity index (χ2n) is 4.59. The second-order valence-corrected chi connectivity index (χ2v) is 5.45. The largest absolute Gasteiger partial charge is 0.347 e. The van der Waals surface area contributed by atoms with Crippen LogP contribution >= 0.6 is 15.9 Å². The molecule has 0 spiro atoms. The van der Waals surface area contributed by atoms with Gasteiger partial charge in [-0.2, -0.15) is 0 Å². The highest BCUT2D eigenvalue weighted by Gasteiger charge is 2.20. The fraction of sp³-hybridized carbons (Fsp3) is 0.429. The number of amides is 2. The summed E-state index contributed by atoms with van der Waals surface area (Å²) in [4.78, 5) is 27.1. The Morgan fingerprint density at radius 3 is 2.37 bits per heavy atom. The first-order chi connectivity index (χ1) is 8.86. The van der Waals surface area contributed by atoms with E-state index in [1.54, 1.807) is 20.2 Å². The van der Waals surface area contributed by atoms with Gasteiger partial charge in [0.2, 0.25) is 5.91 Å². The van der Waals surface area contributed by atoms with Gasteiger partial charge in [0.05, 0.1) is 12.1 Å². The number of rotatable bonds is 4. The van der Waals surface area contributed by atoms with Crippen molar-refractivity contribution in [2.75, 3.05) is 27.2 Å². The smallest absolute Gasteiger partial charge is 0.255 e. The summed E-state index contributed by atoms with van der Waals surface area (Å²) in [5.41, 5.74) is 1.66. The zero-order valence-corrected chi connectivity index (χ0v) is 13.3. The van der Waals surface area contributed by atoms with Gasteiger partial charge in [0.1, 0.15) is 0 Å². The fourth-order valence-electron chi connectivity index (χ4n) is 1.60. The van der Waals surface area contributed by atoms with Crippen LogP contribution in [-0.2, 0) is 4.79 Å². The average Bonchev–Trinajstić information content (AvgIpc) is 2.34.